The molecule has 15 nitrogen and oxygen atoms in total. The van der Waals surface area contributed by atoms with Gasteiger partial charge in [0.1, 0.15) is 0 Å². The molecular weight excluding hydrogens is 619 g/mol. The van der Waals surface area contributed by atoms with Crippen molar-refractivity contribution in [3.63, 3.8) is 0 Å². The van der Waals surface area contributed by atoms with E-state index in [9.17, 15) is 54.3 Å². The standard InChI is InChI=1S/6C4H8O2.H2O.2O.Zr/c6*1-3(2)4(5)6;;;;/h6*3H,1-2H3,(H,5,6);1H2;;;/p-5. The molecule has 0 aliphatic rings. The molecule has 0 atom stereocenters. The first-order valence-electron chi connectivity index (χ1n) is 11.5. The van der Waals surface area contributed by atoms with E-state index in [1.54, 1.807) is 83.1 Å². The van der Waals surface area contributed by atoms with Gasteiger partial charge in [-0.05, 0) is 29.6 Å². The molecule has 0 spiro atoms. The van der Waals surface area contributed by atoms with E-state index in [-0.39, 0.29) is 41.0 Å². The molecule has 240 valence electrons. The molecule has 0 aliphatic heterocycles. The maximum absolute atomic E-state index is 9.70. The second-order valence-corrected chi connectivity index (χ2v) is 9.35. The summed E-state index contributed by atoms with van der Waals surface area (Å²) in [5, 5.41) is 55.9. The molecule has 0 bridgehead atoms. The van der Waals surface area contributed by atoms with Crippen molar-refractivity contribution < 1.29 is 93.8 Å². The number of aliphatic carboxylic acids is 6. The molecule has 0 aliphatic carbocycles. The van der Waals surface area contributed by atoms with Crippen LogP contribution in [0.2, 0.25) is 0 Å². The van der Waals surface area contributed by atoms with Gasteiger partial charge in [-0.2, -0.15) is 0 Å². The van der Waals surface area contributed by atoms with Crippen molar-refractivity contribution in [2.75, 3.05) is 0 Å². The summed E-state index contributed by atoms with van der Waals surface area (Å²) in [6.07, 6.45) is 0. The summed E-state index contributed by atoms with van der Waals surface area (Å²) in [5.74, 6) is -7.64. The van der Waals surface area contributed by atoms with Gasteiger partial charge in [0.2, 0.25) is 0 Å². The van der Waals surface area contributed by atoms with Crippen LogP contribution in [-0.4, -0.2) is 46.4 Å². The van der Waals surface area contributed by atoms with Gasteiger partial charge in [-0.3, -0.25) is 4.79 Å². The van der Waals surface area contributed by atoms with Crippen molar-refractivity contribution in [1.29, 1.82) is 0 Å². The van der Waals surface area contributed by atoms with E-state index in [2.05, 4.69) is 0 Å². The first-order chi connectivity index (χ1) is 17.3. The zero-order valence-corrected chi connectivity index (χ0v) is 27.7. The van der Waals surface area contributed by atoms with E-state index in [0.29, 0.717) is 0 Å². The molecule has 0 radical (unpaired) electrons. The van der Waals surface area contributed by atoms with Crippen molar-refractivity contribution in [2.45, 2.75) is 83.1 Å². The van der Waals surface area contributed by atoms with E-state index < -0.39 is 59.1 Å². The summed E-state index contributed by atoms with van der Waals surface area (Å²) in [5.41, 5.74) is 0. The molecule has 0 unspecified atom stereocenters. The number of carboxylic acid groups (broad SMARTS) is 6. The second-order valence-electron chi connectivity index (χ2n) is 8.94. The van der Waals surface area contributed by atoms with Crippen LogP contribution >= 0.6 is 0 Å². The van der Waals surface area contributed by atoms with Gasteiger partial charge >= 0.3 is 34.8 Å². The van der Waals surface area contributed by atoms with E-state index in [1.165, 1.54) is 0 Å². The van der Waals surface area contributed by atoms with Crippen LogP contribution in [0.25, 0.3) is 0 Å². The Hall–Kier alpha value is -2.74. The first kappa shape index (κ1) is 57.2. The molecule has 0 amide bonds. The van der Waals surface area contributed by atoms with Crippen LogP contribution in [-0.2, 0) is 57.6 Å². The van der Waals surface area contributed by atoms with Crippen molar-refractivity contribution in [2.24, 2.45) is 35.5 Å². The zero-order chi connectivity index (χ0) is 33.6. The third-order valence-electron chi connectivity index (χ3n) is 2.85. The Bertz CT molecular complexity index is 567. The normalized spacial score (nSPS) is 8.45. The van der Waals surface area contributed by atoms with Crippen LogP contribution in [0, 0.1) is 35.5 Å². The minimum absolute atomic E-state index is 0. The third-order valence-corrected chi connectivity index (χ3v) is 2.85. The van der Waals surface area contributed by atoms with Crippen molar-refractivity contribution in [3.8, 4) is 0 Å². The Morgan fingerprint density at radius 2 is 0.475 bits per heavy atom. The fourth-order valence-electron chi connectivity index (χ4n) is 0. The molecule has 0 aromatic rings. The maximum atomic E-state index is 9.70. The average molecular weight is 665 g/mol. The van der Waals surface area contributed by atoms with E-state index in [4.69, 9.17) is 10.7 Å². The summed E-state index contributed by atoms with van der Waals surface area (Å²) in [7, 11) is 0. The Kier molecular flexibility index (Phi) is 54.9. The predicted octanol–water partition coefficient (Wildman–Crippen LogP) is -3.38. The molecule has 0 aromatic carbocycles. The van der Waals surface area contributed by atoms with Crippen LogP contribution in [0.5, 0.6) is 0 Å². The Balaban J connectivity index is -0.0000000499. The van der Waals surface area contributed by atoms with Crippen molar-refractivity contribution in [3.05, 3.63) is 0 Å². The van der Waals surface area contributed by atoms with Crippen LogP contribution in [0.3, 0.4) is 0 Å². The van der Waals surface area contributed by atoms with Crippen LogP contribution < -0.4 is 25.5 Å². The van der Waals surface area contributed by atoms with Gasteiger partial charge in [0.15, 0.2) is 0 Å². The summed E-state index contributed by atoms with van der Waals surface area (Å²) >= 11 is -2.27. The van der Waals surface area contributed by atoms with Gasteiger partial charge in [-0.15, -0.1) is 0 Å². The molecule has 0 rings (SSSR count). The topological polar surface area (TPSA) is 304 Å². The molecule has 16 heteroatoms. The summed E-state index contributed by atoms with van der Waals surface area (Å²) in [6.45, 7) is 19.1. The van der Waals surface area contributed by atoms with Gasteiger partial charge in [0, 0.05) is 29.8 Å². The molecule has 0 aromatic heterocycles. The van der Waals surface area contributed by atoms with Gasteiger partial charge in [-0.1, -0.05) is 83.1 Å². The average Bonchev–Trinajstić information content (AvgIpc) is 2.75. The zero-order valence-electron chi connectivity index (χ0n) is 25.2. The molecule has 3 N–H and O–H groups in total. The Morgan fingerprint density at radius 1 is 0.425 bits per heavy atom. The second kappa shape index (κ2) is 38.4. The Labute approximate surface area is 247 Å². The van der Waals surface area contributed by atoms with E-state index in [1.807, 2.05) is 0 Å². The molecule has 40 heavy (non-hydrogen) atoms. The molecule has 0 fully saturated rings. The molecule has 0 saturated carbocycles. The Morgan fingerprint density at radius 3 is 0.475 bits per heavy atom. The summed E-state index contributed by atoms with van der Waals surface area (Å²) < 4.78 is 17.1. The molecule has 0 saturated heterocycles. The fourth-order valence-corrected chi connectivity index (χ4v) is 0. The van der Waals surface area contributed by atoms with Gasteiger partial charge < -0.3 is 60.1 Å². The van der Waals surface area contributed by atoms with E-state index >= 15 is 0 Å². The van der Waals surface area contributed by atoms with Gasteiger partial charge in [0.05, 0.1) is 5.92 Å². The number of rotatable bonds is 6. The number of carbonyl (C=O) groups is 6. The monoisotopic (exact) mass is 663 g/mol. The number of carboxylic acids is 6. The summed E-state index contributed by atoms with van der Waals surface area (Å²) in [4.78, 5) is 57.6. The van der Waals surface area contributed by atoms with Crippen LogP contribution in [0.4, 0.5) is 0 Å². The van der Waals surface area contributed by atoms with Crippen molar-refractivity contribution in [1.82, 2.24) is 0 Å². The number of hydrogen-bond acceptors (Lipinski definition) is 13. The number of hydrogen-bond donors (Lipinski definition) is 1. The number of carbonyl (C=O) groups excluding carboxylic acids is 5. The summed E-state index contributed by atoms with van der Waals surface area (Å²) in [6, 6.07) is 0. The van der Waals surface area contributed by atoms with Crippen LogP contribution in [0.1, 0.15) is 83.1 Å². The van der Waals surface area contributed by atoms with Crippen molar-refractivity contribution >= 4 is 35.8 Å². The van der Waals surface area contributed by atoms with E-state index in [0.717, 1.165) is 0 Å². The minimum atomic E-state index is -2.27. The van der Waals surface area contributed by atoms with Crippen LogP contribution in [0.15, 0.2) is 0 Å². The fraction of sp³-hybridized carbons (Fsp3) is 0.750. The molecular formula is C24H45O15Zr-5. The van der Waals surface area contributed by atoms with Gasteiger partial charge in [-0.25, -0.2) is 0 Å². The first-order valence-corrected chi connectivity index (χ1v) is 13.5. The quantitative estimate of drug-likeness (QED) is 0.290. The SMILES string of the molecule is CC(C)C(=O)O.CC(C)C(=O)[O-].CC(C)C(=O)[O-].CC(C)C(=O)[O-].CC(C)C(=O)[O-].CC(C)C(=O)[O-].O.[O]=[Zr]=[O]. The predicted molar refractivity (Wildman–Crippen MR) is 127 cm³/mol. The molecule has 0 heterocycles. The third kappa shape index (κ3) is 91.6. The van der Waals surface area contributed by atoms with Gasteiger partial charge in [0.25, 0.3) is 0 Å².